The van der Waals surface area contributed by atoms with E-state index in [1.165, 1.54) is 12.1 Å². The highest BCUT2D eigenvalue weighted by Gasteiger charge is 2.09. The Labute approximate surface area is 124 Å². The summed E-state index contributed by atoms with van der Waals surface area (Å²) in [6.07, 6.45) is 0. The number of hydrogen-bond donors (Lipinski definition) is 1. The molecule has 3 nitrogen and oxygen atoms in total. The van der Waals surface area contributed by atoms with Crippen LogP contribution in [0.4, 0.5) is 10.1 Å². The third-order valence-electron chi connectivity index (χ3n) is 3.17. The van der Waals surface area contributed by atoms with Crippen LogP contribution in [0.25, 0.3) is 0 Å². The zero-order valence-electron chi connectivity index (χ0n) is 12.1. The summed E-state index contributed by atoms with van der Waals surface area (Å²) in [7, 11) is 0. The van der Waals surface area contributed by atoms with Crippen LogP contribution in [-0.4, -0.2) is 6.61 Å². The first-order valence-corrected chi connectivity index (χ1v) is 6.83. The van der Waals surface area contributed by atoms with Crippen molar-refractivity contribution in [2.45, 2.75) is 19.9 Å². The summed E-state index contributed by atoms with van der Waals surface area (Å²) in [5.74, 6) is 0.416. The third-order valence-corrected chi connectivity index (χ3v) is 3.17. The molecule has 2 aromatic carbocycles. The second kappa shape index (κ2) is 6.76. The summed E-state index contributed by atoms with van der Waals surface area (Å²) in [5, 5.41) is 12.3. The van der Waals surface area contributed by atoms with Gasteiger partial charge in [-0.15, -0.1) is 0 Å². The highest BCUT2D eigenvalue weighted by atomic mass is 19.1. The smallest absolute Gasteiger partial charge is 0.124 e. The molecule has 2 aromatic rings. The molecule has 0 fully saturated rings. The molecule has 21 heavy (non-hydrogen) atoms. The molecule has 0 heterocycles. The largest absolute Gasteiger partial charge is 0.494 e. The van der Waals surface area contributed by atoms with Gasteiger partial charge in [-0.05, 0) is 49.7 Å². The molecule has 1 N–H and O–H groups in total. The number of nitriles is 1. The lowest BCUT2D eigenvalue weighted by Gasteiger charge is -2.17. The molecular formula is C17H17FN2O. The number of anilines is 1. The highest BCUT2D eigenvalue weighted by molar-refractivity contribution is 5.58. The number of hydrogen-bond acceptors (Lipinski definition) is 3. The lowest BCUT2D eigenvalue weighted by atomic mass is 10.1. The fourth-order valence-electron chi connectivity index (χ4n) is 2.07. The van der Waals surface area contributed by atoms with Gasteiger partial charge in [0.2, 0.25) is 0 Å². The van der Waals surface area contributed by atoms with Crippen molar-refractivity contribution in [3.05, 3.63) is 59.4 Å². The molecule has 1 atom stereocenters. The van der Waals surface area contributed by atoms with Crippen LogP contribution < -0.4 is 10.1 Å². The van der Waals surface area contributed by atoms with E-state index in [9.17, 15) is 4.39 Å². The van der Waals surface area contributed by atoms with Gasteiger partial charge >= 0.3 is 0 Å². The molecule has 0 aromatic heterocycles. The summed E-state index contributed by atoms with van der Waals surface area (Å²) in [4.78, 5) is 0. The van der Waals surface area contributed by atoms with E-state index in [1.807, 2.05) is 44.2 Å². The van der Waals surface area contributed by atoms with Gasteiger partial charge in [0.25, 0.3) is 0 Å². The first-order chi connectivity index (χ1) is 10.1. The van der Waals surface area contributed by atoms with Gasteiger partial charge in [-0.3, -0.25) is 0 Å². The number of halogens is 1. The van der Waals surface area contributed by atoms with E-state index in [2.05, 4.69) is 5.32 Å². The number of ether oxygens (including phenoxy) is 1. The Bertz CT molecular complexity index is 647. The predicted octanol–water partition coefficient (Wildman–Crippen LogP) is 4.27. The van der Waals surface area contributed by atoms with Crippen LogP contribution in [-0.2, 0) is 0 Å². The van der Waals surface area contributed by atoms with Crippen molar-refractivity contribution in [2.75, 3.05) is 11.9 Å². The van der Waals surface area contributed by atoms with Gasteiger partial charge in [-0.25, -0.2) is 4.39 Å². The molecule has 0 aliphatic rings. The second-order valence-electron chi connectivity index (χ2n) is 4.67. The molecule has 0 saturated carbocycles. The maximum atomic E-state index is 13.1. The van der Waals surface area contributed by atoms with Crippen molar-refractivity contribution < 1.29 is 9.13 Å². The first kappa shape index (κ1) is 14.9. The summed E-state index contributed by atoms with van der Waals surface area (Å²) in [5.41, 5.74) is 1.99. The summed E-state index contributed by atoms with van der Waals surface area (Å²) in [6.45, 7) is 4.56. The molecule has 0 saturated heterocycles. The Kier molecular flexibility index (Phi) is 4.78. The number of rotatable bonds is 5. The molecule has 0 aliphatic carbocycles. The van der Waals surface area contributed by atoms with Gasteiger partial charge in [-0.2, -0.15) is 5.26 Å². The van der Waals surface area contributed by atoms with Crippen molar-refractivity contribution in [3.63, 3.8) is 0 Å². The maximum absolute atomic E-state index is 13.1. The van der Waals surface area contributed by atoms with Crippen molar-refractivity contribution >= 4 is 5.69 Å². The van der Waals surface area contributed by atoms with Crippen LogP contribution >= 0.6 is 0 Å². The standard InChI is InChI=1S/C17H17FN2O/c1-3-21-16-7-4-13(5-8-16)12(2)20-17-9-6-15(18)10-14(17)11-19/h4-10,12,20H,3H2,1-2H3. The fraction of sp³-hybridized carbons (Fsp3) is 0.235. The Morgan fingerprint density at radius 1 is 1.24 bits per heavy atom. The predicted molar refractivity (Wildman–Crippen MR) is 80.8 cm³/mol. The van der Waals surface area contributed by atoms with Gasteiger partial charge in [0.1, 0.15) is 17.6 Å². The number of nitrogens with zero attached hydrogens (tertiary/aromatic N) is 1. The average molecular weight is 284 g/mol. The highest BCUT2D eigenvalue weighted by Crippen LogP contribution is 2.24. The molecule has 0 radical (unpaired) electrons. The van der Waals surface area contributed by atoms with Crippen molar-refractivity contribution in [1.29, 1.82) is 5.26 Å². The van der Waals surface area contributed by atoms with Crippen LogP contribution in [0.15, 0.2) is 42.5 Å². The van der Waals surface area contributed by atoms with Crippen molar-refractivity contribution in [1.82, 2.24) is 0 Å². The summed E-state index contributed by atoms with van der Waals surface area (Å²) >= 11 is 0. The third kappa shape index (κ3) is 3.73. The quantitative estimate of drug-likeness (QED) is 0.891. The lowest BCUT2D eigenvalue weighted by Crippen LogP contribution is -2.08. The van der Waals surface area contributed by atoms with Crippen molar-refractivity contribution in [3.8, 4) is 11.8 Å². The maximum Gasteiger partial charge on any atom is 0.124 e. The summed E-state index contributed by atoms with van der Waals surface area (Å²) < 4.78 is 18.5. The normalized spacial score (nSPS) is 11.5. The minimum Gasteiger partial charge on any atom is -0.494 e. The van der Waals surface area contributed by atoms with Crippen molar-refractivity contribution in [2.24, 2.45) is 0 Å². The SMILES string of the molecule is CCOc1ccc(C(C)Nc2ccc(F)cc2C#N)cc1. The Morgan fingerprint density at radius 3 is 2.57 bits per heavy atom. The van der Waals surface area contributed by atoms with Gasteiger partial charge < -0.3 is 10.1 Å². The summed E-state index contributed by atoms with van der Waals surface area (Å²) in [6, 6.07) is 13.9. The minimum atomic E-state index is -0.411. The molecule has 1 unspecified atom stereocenters. The van der Waals surface area contributed by atoms with E-state index >= 15 is 0 Å². The lowest BCUT2D eigenvalue weighted by molar-refractivity contribution is 0.340. The fourth-order valence-corrected chi connectivity index (χ4v) is 2.07. The van der Waals surface area contributed by atoms with Crippen LogP contribution in [0.2, 0.25) is 0 Å². The molecule has 0 amide bonds. The Morgan fingerprint density at radius 2 is 1.95 bits per heavy atom. The van der Waals surface area contributed by atoms with Crippen LogP contribution in [0.1, 0.15) is 31.0 Å². The second-order valence-corrected chi connectivity index (χ2v) is 4.67. The molecule has 0 bridgehead atoms. The van der Waals surface area contributed by atoms with E-state index in [1.54, 1.807) is 6.07 Å². The first-order valence-electron chi connectivity index (χ1n) is 6.83. The molecule has 0 aliphatic heterocycles. The molecule has 4 heteroatoms. The van der Waals surface area contributed by atoms with Crippen LogP contribution in [0, 0.1) is 17.1 Å². The molecule has 0 spiro atoms. The van der Waals surface area contributed by atoms with E-state index in [0.29, 0.717) is 17.9 Å². The Hall–Kier alpha value is -2.54. The van der Waals surface area contributed by atoms with Gasteiger partial charge in [0.05, 0.1) is 17.9 Å². The van der Waals surface area contributed by atoms with E-state index in [-0.39, 0.29) is 6.04 Å². The van der Waals surface area contributed by atoms with E-state index < -0.39 is 5.82 Å². The van der Waals surface area contributed by atoms with E-state index in [4.69, 9.17) is 10.00 Å². The minimum absolute atomic E-state index is 0.00163. The molecular weight excluding hydrogens is 267 g/mol. The number of nitrogens with one attached hydrogen (secondary N) is 1. The van der Waals surface area contributed by atoms with Crippen LogP contribution in [0.3, 0.4) is 0 Å². The van der Waals surface area contributed by atoms with Gasteiger partial charge in [0.15, 0.2) is 0 Å². The number of benzene rings is 2. The zero-order valence-corrected chi connectivity index (χ0v) is 12.1. The van der Waals surface area contributed by atoms with Gasteiger partial charge in [-0.1, -0.05) is 12.1 Å². The van der Waals surface area contributed by atoms with Crippen LogP contribution in [0.5, 0.6) is 5.75 Å². The Balaban J connectivity index is 2.14. The zero-order chi connectivity index (χ0) is 15.2. The average Bonchev–Trinajstić information content (AvgIpc) is 2.50. The van der Waals surface area contributed by atoms with E-state index in [0.717, 1.165) is 11.3 Å². The molecule has 2 rings (SSSR count). The monoisotopic (exact) mass is 284 g/mol. The van der Waals surface area contributed by atoms with Gasteiger partial charge in [0, 0.05) is 6.04 Å². The molecule has 108 valence electrons. The topological polar surface area (TPSA) is 45.0 Å².